The maximum absolute atomic E-state index is 4.79. The van der Waals surface area contributed by atoms with E-state index in [1.807, 2.05) is 30.6 Å². The first-order valence-corrected chi connectivity index (χ1v) is 11.8. The molecule has 6 rings (SSSR count). The summed E-state index contributed by atoms with van der Waals surface area (Å²) in [6.07, 6.45) is 3.78. The van der Waals surface area contributed by atoms with Gasteiger partial charge in [-0.1, -0.05) is 96.6 Å². The fourth-order valence-electron chi connectivity index (χ4n) is 4.43. The fourth-order valence-corrected chi connectivity index (χ4v) is 4.43. The topological polar surface area (TPSA) is 25.8 Å². The van der Waals surface area contributed by atoms with E-state index in [4.69, 9.17) is 4.98 Å². The Morgan fingerprint density at radius 1 is 0.457 bits per heavy atom. The summed E-state index contributed by atoms with van der Waals surface area (Å²) in [6, 6.07) is 40.6. The molecular weight excluding hydrogens is 424 g/mol. The molecule has 0 unspecified atom stereocenters. The quantitative estimate of drug-likeness (QED) is 0.270. The lowest BCUT2D eigenvalue weighted by atomic mass is 9.98. The minimum atomic E-state index is 0.982. The Bertz CT molecular complexity index is 1600. The van der Waals surface area contributed by atoms with Crippen LogP contribution in [-0.4, -0.2) is 9.97 Å². The molecule has 0 fully saturated rings. The van der Waals surface area contributed by atoms with Gasteiger partial charge in [-0.05, 0) is 59.0 Å². The highest BCUT2D eigenvalue weighted by Crippen LogP contribution is 2.30. The van der Waals surface area contributed by atoms with Crippen molar-refractivity contribution in [2.75, 3.05) is 0 Å². The maximum Gasteiger partial charge on any atom is 0.0708 e. The third kappa shape index (κ3) is 4.34. The first-order valence-electron chi connectivity index (χ1n) is 11.8. The van der Waals surface area contributed by atoms with Crippen LogP contribution in [0.25, 0.3) is 55.5 Å². The molecule has 0 aliphatic rings. The van der Waals surface area contributed by atoms with Gasteiger partial charge in [0.25, 0.3) is 0 Å². The summed E-state index contributed by atoms with van der Waals surface area (Å²) in [6.45, 7) is 2.11. The van der Waals surface area contributed by atoms with Gasteiger partial charge in [-0.25, -0.2) is 0 Å². The van der Waals surface area contributed by atoms with E-state index in [2.05, 4.69) is 109 Å². The van der Waals surface area contributed by atoms with Gasteiger partial charge in [-0.15, -0.1) is 0 Å². The fraction of sp³-hybridized carbons (Fsp3) is 0.0303. The summed E-state index contributed by atoms with van der Waals surface area (Å²) < 4.78 is 0. The minimum absolute atomic E-state index is 0.982. The van der Waals surface area contributed by atoms with Crippen LogP contribution in [0.3, 0.4) is 0 Å². The van der Waals surface area contributed by atoms with Crippen molar-refractivity contribution < 1.29 is 0 Å². The number of nitrogens with zero attached hydrogens (tertiary/aromatic N) is 2. The lowest BCUT2D eigenvalue weighted by Gasteiger charge is -2.08. The second-order valence-corrected chi connectivity index (χ2v) is 8.87. The van der Waals surface area contributed by atoms with Gasteiger partial charge < -0.3 is 0 Å². The molecule has 0 bridgehead atoms. The standard InChI is InChI=1S/C33H24N2/c1-23-5-7-24(8-6-23)25-9-11-26(12-10-25)29-17-18-30-20-31(22-35-33(30)21-29)27-13-15-28(16-14-27)32-4-2-3-19-34-32/h2-22H,1H3. The first kappa shape index (κ1) is 21.0. The van der Waals surface area contributed by atoms with Crippen LogP contribution in [0, 0.1) is 6.92 Å². The summed E-state index contributed by atoms with van der Waals surface area (Å²) in [5, 5.41) is 1.14. The molecule has 6 aromatic rings. The van der Waals surface area contributed by atoms with E-state index in [-0.39, 0.29) is 0 Å². The molecule has 0 aliphatic carbocycles. The summed E-state index contributed by atoms with van der Waals surface area (Å²) in [4.78, 5) is 9.22. The van der Waals surface area contributed by atoms with Crippen LogP contribution in [0.5, 0.6) is 0 Å². The molecule has 0 saturated heterocycles. The van der Waals surface area contributed by atoms with Crippen LogP contribution in [0.15, 0.2) is 128 Å². The Morgan fingerprint density at radius 3 is 1.69 bits per heavy atom. The molecule has 2 aromatic heterocycles. The van der Waals surface area contributed by atoms with E-state index in [0.717, 1.165) is 33.3 Å². The Kier molecular flexibility index (Phi) is 5.40. The zero-order chi connectivity index (χ0) is 23.6. The predicted molar refractivity (Wildman–Crippen MR) is 146 cm³/mol. The summed E-state index contributed by atoms with van der Waals surface area (Å²) in [7, 11) is 0. The van der Waals surface area contributed by atoms with Gasteiger partial charge in [0.1, 0.15) is 0 Å². The van der Waals surface area contributed by atoms with Crippen LogP contribution in [0.2, 0.25) is 0 Å². The van der Waals surface area contributed by atoms with E-state index in [1.165, 1.54) is 27.8 Å². The Balaban J connectivity index is 1.26. The maximum atomic E-state index is 4.79. The second-order valence-electron chi connectivity index (χ2n) is 8.87. The van der Waals surface area contributed by atoms with Crippen molar-refractivity contribution in [3.05, 3.63) is 133 Å². The molecule has 0 aliphatic heterocycles. The molecule has 0 radical (unpaired) electrons. The van der Waals surface area contributed by atoms with E-state index in [0.29, 0.717) is 0 Å². The summed E-state index contributed by atoms with van der Waals surface area (Å²) >= 11 is 0. The third-order valence-electron chi connectivity index (χ3n) is 6.47. The number of aromatic nitrogens is 2. The molecule has 35 heavy (non-hydrogen) atoms. The van der Waals surface area contributed by atoms with Crippen LogP contribution in [-0.2, 0) is 0 Å². The first-order chi connectivity index (χ1) is 17.2. The zero-order valence-electron chi connectivity index (χ0n) is 19.5. The van der Waals surface area contributed by atoms with Gasteiger partial charge in [0.2, 0.25) is 0 Å². The van der Waals surface area contributed by atoms with Crippen molar-refractivity contribution in [1.29, 1.82) is 0 Å². The van der Waals surface area contributed by atoms with Crippen molar-refractivity contribution in [3.8, 4) is 44.6 Å². The highest BCUT2D eigenvalue weighted by atomic mass is 14.7. The highest BCUT2D eigenvalue weighted by molar-refractivity contribution is 5.88. The van der Waals surface area contributed by atoms with Crippen LogP contribution in [0.1, 0.15) is 5.56 Å². The van der Waals surface area contributed by atoms with Crippen molar-refractivity contribution in [2.45, 2.75) is 6.92 Å². The largest absolute Gasteiger partial charge is 0.256 e. The molecule has 2 heterocycles. The van der Waals surface area contributed by atoms with E-state index in [1.54, 1.807) is 0 Å². The number of hydrogen-bond acceptors (Lipinski definition) is 2. The third-order valence-corrected chi connectivity index (χ3v) is 6.47. The minimum Gasteiger partial charge on any atom is -0.256 e. The number of pyridine rings is 2. The SMILES string of the molecule is Cc1ccc(-c2ccc(-c3ccc4cc(-c5ccc(-c6ccccn6)cc5)cnc4c3)cc2)cc1. The van der Waals surface area contributed by atoms with E-state index < -0.39 is 0 Å². The number of fused-ring (bicyclic) bond motifs is 1. The molecule has 4 aromatic carbocycles. The molecule has 0 N–H and O–H groups in total. The van der Waals surface area contributed by atoms with Crippen molar-refractivity contribution in [3.63, 3.8) is 0 Å². The number of rotatable bonds is 4. The summed E-state index contributed by atoms with van der Waals surface area (Å²) in [5.41, 5.74) is 11.5. The molecule has 166 valence electrons. The zero-order valence-corrected chi connectivity index (χ0v) is 19.5. The molecular formula is C33H24N2. The molecule has 2 heteroatoms. The lowest BCUT2D eigenvalue weighted by molar-refractivity contribution is 1.33. The van der Waals surface area contributed by atoms with E-state index in [9.17, 15) is 0 Å². The second kappa shape index (κ2) is 9.00. The Morgan fingerprint density at radius 2 is 1.03 bits per heavy atom. The van der Waals surface area contributed by atoms with Crippen molar-refractivity contribution in [1.82, 2.24) is 9.97 Å². The van der Waals surface area contributed by atoms with Crippen LogP contribution >= 0.6 is 0 Å². The lowest BCUT2D eigenvalue weighted by Crippen LogP contribution is -1.86. The molecule has 0 saturated carbocycles. The van der Waals surface area contributed by atoms with Gasteiger partial charge in [0.15, 0.2) is 0 Å². The number of aryl methyl sites for hydroxylation is 1. The molecule has 0 spiro atoms. The Hall–Kier alpha value is -4.56. The van der Waals surface area contributed by atoms with E-state index >= 15 is 0 Å². The average Bonchev–Trinajstić information content (AvgIpc) is 2.94. The van der Waals surface area contributed by atoms with Crippen LogP contribution < -0.4 is 0 Å². The average molecular weight is 449 g/mol. The van der Waals surface area contributed by atoms with Gasteiger partial charge >= 0.3 is 0 Å². The predicted octanol–water partition coefficient (Wildman–Crippen LogP) is 8.61. The number of benzene rings is 4. The Labute approximate surface area is 205 Å². The molecule has 0 amide bonds. The van der Waals surface area contributed by atoms with Crippen LogP contribution in [0.4, 0.5) is 0 Å². The smallest absolute Gasteiger partial charge is 0.0708 e. The van der Waals surface area contributed by atoms with Gasteiger partial charge in [-0.3, -0.25) is 9.97 Å². The normalized spacial score (nSPS) is 11.0. The van der Waals surface area contributed by atoms with Gasteiger partial charge in [0, 0.05) is 28.9 Å². The molecule has 2 nitrogen and oxygen atoms in total. The molecule has 0 atom stereocenters. The monoisotopic (exact) mass is 448 g/mol. The van der Waals surface area contributed by atoms with Crippen molar-refractivity contribution >= 4 is 10.9 Å². The summed E-state index contributed by atoms with van der Waals surface area (Å²) in [5.74, 6) is 0. The van der Waals surface area contributed by atoms with Gasteiger partial charge in [0.05, 0.1) is 11.2 Å². The highest BCUT2D eigenvalue weighted by Gasteiger charge is 2.06. The number of hydrogen-bond donors (Lipinski definition) is 0. The van der Waals surface area contributed by atoms with Crippen molar-refractivity contribution in [2.24, 2.45) is 0 Å². The van der Waals surface area contributed by atoms with Gasteiger partial charge in [-0.2, -0.15) is 0 Å².